The predicted molar refractivity (Wildman–Crippen MR) is 120 cm³/mol. The lowest BCUT2D eigenvalue weighted by Crippen LogP contribution is -2.46. The Hall–Kier alpha value is -1.55. The number of rotatable bonds is 10. The molecule has 0 spiro atoms. The molecule has 0 amide bonds. The summed E-state index contributed by atoms with van der Waals surface area (Å²) in [6, 6.07) is 0.385. The van der Waals surface area contributed by atoms with Gasteiger partial charge in [0.1, 0.15) is 0 Å². The number of hydrogen-bond acceptors (Lipinski definition) is 8. The van der Waals surface area contributed by atoms with E-state index in [1.807, 2.05) is 4.68 Å². The molecule has 1 saturated carbocycles. The Bertz CT molecular complexity index is 697. The van der Waals surface area contributed by atoms with Crippen LogP contribution in [0.5, 0.6) is 0 Å². The number of morpholine rings is 1. The zero-order valence-electron chi connectivity index (χ0n) is 18.6. The van der Waals surface area contributed by atoms with Gasteiger partial charge in [0.15, 0.2) is 0 Å². The van der Waals surface area contributed by atoms with Crippen LogP contribution in [0.2, 0.25) is 0 Å². The summed E-state index contributed by atoms with van der Waals surface area (Å²) in [6.45, 7) is 8.93. The highest BCUT2D eigenvalue weighted by Crippen LogP contribution is 2.31. The maximum absolute atomic E-state index is 5.44. The van der Waals surface area contributed by atoms with Gasteiger partial charge in [-0.2, -0.15) is 4.98 Å². The number of nitrogens with one attached hydrogen (secondary N) is 2. The van der Waals surface area contributed by atoms with E-state index >= 15 is 0 Å². The van der Waals surface area contributed by atoms with Crippen molar-refractivity contribution < 1.29 is 4.74 Å². The molecule has 1 aromatic rings. The minimum absolute atomic E-state index is 0.385. The first kappa shape index (κ1) is 21.7. The van der Waals surface area contributed by atoms with Crippen LogP contribution in [0.3, 0.4) is 0 Å². The standard InChI is InChI=1S/C21H38N8O/c1-27(2)10-4-9-23-20-25-21-24-19-17(16-29(21)26-20)6-3-7-18(19)22-8-5-11-28-12-14-30-15-13-28/h17-18,22H,3-16H2,1-2H3,(H,23,26). The Kier molecular flexibility index (Phi) is 7.70. The van der Waals surface area contributed by atoms with Gasteiger partial charge in [-0.15, -0.1) is 5.10 Å². The zero-order chi connectivity index (χ0) is 20.8. The average Bonchev–Trinajstić information content (AvgIpc) is 3.15. The lowest BCUT2D eigenvalue weighted by molar-refractivity contribution is 0.0374. The monoisotopic (exact) mass is 418 g/mol. The molecule has 1 aromatic heterocycles. The van der Waals surface area contributed by atoms with Gasteiger partial charge in [0.2, 0.25) is 11.9 Å². The van der Waals surface area contributed by atoms with Crippen LogP contribution in [0.1, 0.15) is 32.1 Å². The van der Waals surface area contributed by atoms with Gasteiger partial charge in [0, 0.05) is 37.3 Å². The van der Waals surface area contributed by atoms with Crippen molar-refractivity contribution in [2.75, 3.05) is 71.9 Å². The number of aromatic nitrogens is 3. The van der Waals surface area contributed by atoms with Crippen LogP contribution in [0.15, 0.2) is 4.99 Å². The van der Waals surface area contributed by atoms with Crippen molar-refractivity contribution in [1.82, 2.24) is 29.9 Å². The molecule has 0 radical (unpaired) electrons. The third kappa shape index (κ3) is 5.78. The molecule has 30 heavy (non-hydrogen) atoms. The van der Waals surface area contributed by atoms with Crippen LogP contribution >= 0.6 is 0 Å². The number of anilines is 1. The minimum atomic E-state index is 0.385. The summed E-state index contributed by atoms with van der Waals surface area (Å²) < 4.78 is 7.42. The summed E-state index contributed by atoms with van der Waals surface area (Å²) in [7, 11) is 4.19. The molecule has 3 heterocycles. The van der Waals surface area contributed by atoms with E-state index in [0.717, 1.165) is 71.4 Å². The lowest BCUT2D eigenvalue weighted by atomic mass is 9.83. The fourth-order valence-electron chi connectivity index (χ4n) is 4.65. The van der Waals surface area contributed by atoms with Crippen molar-refractivity contribution in [2.45, 2.75) is 44.7 Å². The number of hydrogen-bond donors (Lipinski definition) is 2. The maximum Gasteiger partial charge on any atom is 0.249 e. The first-order chi connectivity index (χ1) is 14.7. The fraction of sp³-hybridized carbons (Fsp3) is 0.857. The number of ether oxygens (including phenoxy) is 1. The molecule has 168 valence electrons. The van der Waals surface area contributed by atoms with Crippen molar-refractivity contribution in [3.63, 3.8) is 0 Å². The summed E-state index contributed by atoms with van der Waals surface area (Å²) in [6.07, 6.45) is 5.88. The highest BCUT2D eigenvalue weighted by atomic mass is 16.5. The molecule has 2 fully saturated rings. The van der Waals surface area contributed by atoms with Crippen molar-refractivity contribution >= 4 is 17.6 Å². The van der Waals surface area contributed by atoms with Crippen molar-refractivity contribution in [3.05, 3.63) is 0 Å². The molecule has 0 bridgehead atoms. The van der Waals surface area contributed by atoms with Crippen LogP contribution in [-0.2, 0) is 11.3 Å². The molecule has 4 rings (SSSR count). The van der Waals surface area contributed by atoms with Gasteiger partial charge in [0.25, 0.3) is 0 Å². The highest BCUT2D eigenvalue weighted by Gasteiger charge is 2.33. The molecule has 3 aliphatic rings. The topological polar surface area (TPSA) is 82.8 Å². The molecule has 9 nitrogen and oxygen atoms in total. The van der Waals surface area contributed by atoms with Gasteiger partial charge in [0.05, 0.1) is 19.8 Å². The Morgan fingerprint density at radius 1 is 1.13 bits per heavy atom. The van der Waals surface area contributed by atoms with Gasteiger partial charge >= 0.3 is 0 Å². The van der Waals surface area contributed by atoms with E-state index in [-0.39, 0.29) is 0 Å². The van der Waals surface area contributed by atoms with Crippen molar-refractivity contribution in [2.24, 2.45) is 10.9 Å². The second-order valence-electron chi connectivity index (χ2n) is 8.98. The molecule has 2 aliphatic heterocycles. The van der Waals surface area contributed by atoms with Gasteiger partial charge in [-0.3, -0.25) is 4.90 Å². The third-order valence-corrected chi connectivity index (χ3v) is 6.31. The number of fused-ring (bicyclic) bond motifs is 2. The quantitative estimate of drug-likeness (QED) is 0.553. The van der Waals surface area contributed by atoms with E-state index in [1.165, 1.54) is 31.4 Å². The zero-order valence-corrected chi connectivity index (χ0v) is 18.6. The van der Waals surface area contributed by atoms with Gasteiger partial charge < -0.3 is 20.3 Å². The Labute approximate surface area is 180 Å². The first-order valence-corrected chi connectivity index (χ1v) is 11.6. The fourth-order valence-corrected chi connectivity index (χ4v) is 4.65. The molecule has 1 saturated heterocycles. The Morgan fingerprint density at radius 3 is 2.83 bits per heavy atom. The van der Waals surface area contributed by atoms with Gasteiger partial charge in [-0.25, -0.2) is 9.67 Å². The van der Waals surface area contributed by atoms with Gasteiger partial charge in [-0.05, 0) is 59.4 Å². The largest absolute Gasteiger partial charge is 0.379 e. The smallest absolute Gasteiger partial charge is 0.249 e. The second-order valence-corrected chi connectivity index (χ2v) is 8.98. The maximum atomic E-state index is 5.44. The molecule has 2 atom stereocenters. The minimum Gasteiger partial charge on any atom is -0.379 e. The average molecular weight is 419 g/mol. The molecule has 2 unspecified atom stereocenters. The van der Waals surface area contributed by atoms with Crippen molar-refractivity contribution in [1.29, 1.82) is 0 Å². The summed E-state index contributed by atoms with van der Waals surface area (Å²) in [5, 5.41) is 11.8. The molecule has 2 N–H and O–H groups in total. The van der Waals surface area contributed by atoms with E-state index in [0.29, 0.717) is 17.9 Å². The third-order valence-electron chi connectivity index (χ3n) is 6.31. The van der Waals surface area contributed by atoms with Crippen LogP contribution in [0.25, 0.3) is 0 Å². The lowest BCUT2D eigenvalue weighted by Gasteiger charge is -2.34. The van der Waals surface area contributed by atoms with Crippen LogP contribution in [-0.4, -0.2) is 103 Å². The van der Waals surface area contributed by atoms with E-state index in [2.05, 4.69) is 44.6 Å². The highest BCUT2D eigenvalue weighted by molar-refractivity contribution is 5.94. The molecule has 9 heteroatoms. The van der Waals surface area contributed by atoms with E-state index in [9.17, 15) is 0 Å². The summed E-state index contributed by atoms with van der Waals surface area (Å²) in [5.41, 5.74) is 1.30. The summed E-state index contributed by atoms with van der Waals surface area (Å²) >= 11 is 0. The van der Waals surface area contributed by atoms with Crippen molar-refractivity contribution in [3.8, 4) is 0 Å². The number of aliphatic imine (C=N–C) groups is 1. The molecular weight excluding hydrogens is 380 g/mol. The van der Waals surface area contributed by atoms with E-state index in [1.54, 1.807) is 0 Å². The normalized spacial score (nSPS) is 24.4. The van der Waals surface area contributed by atoms with E-state index < -0.39 is 0 Å². The molecular formula is C21H38N8O. The Morgan fingerprint density at radius 2 is 2.00 bits per heavy atom. The summed E-state index contributed by atoms with van der Waals surface area (Å²) in [5.74, 6) is 1.96. The molecule has 0 aromatic carbocycles. The van der Waals surface area contributed by atoms with Crippen LogP contribution < -0.4 is 10.6 Å². The first-order valence-electron chi connectivity index (χ1n) is 11.6. The number of nitrogens with zero attached hydrogens (tertiary/aromatic N) is 6. The molecule has 1 aliphatic carbocycles. The summed E-state index contributed by atoms with van der Waals surface area (Å²) in [4.78, 5) is 14.3. The van der Waals surface area contributed by atoms with E-state index in [4.69, 9.17) is 9.73 Å². The van der Waals surface area contributed by atoms with Gasteiger partial charge in [-0.1, -0.05) is 6.42 Å². The SMILES string of the molecule is CN(C)CCCNc1nc2n(n1)CC1CCCC(NCCCN3CCOCC3)C1=N2. The Balaban J connectivity index is 1.28. The second kappa shape index (κ2) is 10.7. The van der Waals surface area contributed by atoms with Crippen LogP contribution in [0.4, 0.5) is 11.9 Å². The predicted octanol–water partition coefficient (Wildman–Crippen LogP) is 1.21. The van der Waals surface area contributed by atoms with Crippen LogP contribution in [0, 0.1) is 5.92 Å².